The van der Waals surface area contributed by atoms with Gasteiger partial charge in [0, 0.05) is 32.7 Å². The Morgan fingerprint density at radius 1 is 0.912 bits per heavy atom. The fraction of sp³-hybridized carbons (Fsp3) is 0.480. The number of alkyl halides is 3. The van der Waals surface area contributed by atoms with Gasteiger partial charge < -0.3 is 15.0 Å². The van der Waals surface area contributed by atoms with Crippen molar-refractivity contribution in [3.63, 3.8) is 0 Å². The molecule has 2 fully saturated rings. The topological polar surface area (TPSA) is 48.1 Å². The molecule has 0 aliphatic carbocycles. The number of hydrogen-bond donors (Lipinski definition) is 1. The summed E-state index contributed by atoms with van der Waals surface area (Å²) in [6, 6.07) is 13.8. The minimum atomic E-state index is -4.48. The van der Waals surface area contributed by atoms with Crippen LogP contribution >= 0.6 is 0 Å². The molecule has 1 N–H and O–H groups in total. The Morgan fingerprint density at radius 3 is 2.35 bits per heavy atom. The number of benzene rings is 2. The van der Waals surface area contributed by atoms with Gasteiger partial charge in [-0.25, -0.2) is 0 Å². The quantitative estimate of drug-likeness (QED) is 0.689. The van der Waals surface area contributed by atoms with E-state index in [2.05, 4.69) is 27.2 Å². The average molecular weight is 477 g/mol. The first-order chi connectivity index (χ1) is 16.4. The van der Waals surface area contributed by atoms with E-state index in [1.165, 1.54) is 11.6 Å². The van der Waals surface area contributed by atoms with Crippen molar-refractivity contribution in [2.24, 2.45) is 0 Å². The molecule has 2 aromatic carbocycles. The van der Waals surface area contributed by atoms with Gasteiger partial charge in [0.2, 0.25) is 5.91 Å². The van der Waals surface area contributed by atoms with Gasteiger partial charge in [0.15, 0.2) is 0 Å². The first kappa shape index (κ1) is 24.5. The SMILES string of the molecule is O=C(CN1CCCN(Cc2ccccc2)CC1)Nc1cc(C(F)(F)F)ccc1N1CCOCC1. The van der Waals surface area contributed by atoms with Crippen LogP contribution in [0.15, 0.2) is 48.5 Å². The first-order valence-electron chi connectivity index (χ1n) is 11.7. The number of morpholine rings is 1. The van der Waals surface area contributed by atoms with Gasteiger partial charge in [-0.05, 0) is 43.3 Å². The highest BCUT2D eigenvalue weighted by Crippen LogP contribution is 2.35. The molecule has 0 unspecified atom stereocenters. The van der Waals surface area contributed by atoms with E-state index in [9.17, 15) is 18.0 Å². The lowest BCUT2D eigenvalue weighted by molar-refractivity contribution is -0.137. The predicted octanol–water partition coefficient (Wildman–Crippen LogP) is 3.69. The molecule has 0 bridgehead atoms. The van der Waals surface area contributed by atoms with Crippen LogP contribution in [0, 0.1) is 0 Å². The van der Waals surface area contributed by atoms with E-state index in [-0.39, 0.29) is 18.1 Å². The Labute approximate surface area is 198 Å². The largest absolute Gasteiger partial charge is 0.416 e. The number of halogens is 3. The second kappa shape index (κ2) is 11.2. The van der Waals surface area contributed by atoms with Crippen molar-refractivity contribution in [1.29, 1.82) is 0 Å². The third-order valence-corrected chi connectivity index (χ3v) is 6.25. The molecule has 0 saturated carbocycles. The molecule has 9 heteroatoms. The summed E-state index contributed by atoms with van der Waals surface area (Å²) in [7, 11) is 0. The Kier molecular flexibility index (Phi) is 8.07. The zero-order valence-corrected chi connectivity index (χ0v) is 19.2. The minimum Gasteiger partial charge on any atom is -0.378 e. The number of anilines is 2. The van der Waals surface area contributed by atoms with Crippen LogP contribution in [0.5, 0.6) is 0 Å². The van der Waals surface area contributed by atoms with Gasteiger partial charge in [-0.2, -0.15) is 13.2 Å². The Bertz CT molecular complexity index is 949. The van der Waals surface area contributed by atoms with E-state index in [4.69, 9.17) is 4.74 Å². The van der Waals surface area contributed by atoms with Crippen LogP contribution in [0.1, 0.15) is 17.5 Å². The summed E-state index contributed by atoms with van der Waals surface area (Å²) in [6.45, 7) is 6.45. The van der Waals surface area contributed by atoms with Gasteiger partial charge >= 0.3 is 6.18 Å². The molecule has 2 aromatic rings. The number of ether oxygens (including phenoxy) is 1. The molecule has 1 amide bonds. The highest BCUT2D eigenvalue weighted by atomic mass is 19.4. The van der Waals surface area contributed by atoms with Crippen molar-refractivity contribution in [1.82, 2.24) is 9.80 Å². The van der Waals surface area contributed by atoms with Gasteiger partial charge in [0.25, 0.3) is 0 Å². The lowest BCUT2D eigenvalue weighted by atomic mass is 10.1. The number of nitrogens with one attached hydrogen (secondary N) is 1. The zero-order chi connectivity index (χ0) is 24.0. The van der Waals surface area contributed by atoms with Crippen molar-refractivity contribution in [2.45, 2.75) is 19.1 Å². The Balaban J connectivity index is 1.38. The number of carbonyl (C=O) groups is 1. The summed E-state index contributed by atoms with van der Waals surface area (Å²) in [6.07, 6.45) is -3.54. The molecule has 2 saturated heterocycles. The average Bonchev–Trinajstić information content (AvgIpc) is 3.04. The third-order valence-electron chi connectivity index (χ3n) is 6.25. The van der Waals surface area contributed by atoms with Crippen molar-refractivity contribution >= 4 is 17.3 Å². The van der Waals surface area contributed by atoms with Gasteiger partial charge in [-0.15, -0.1) is 0 Å². The van der Waals surface area contributed by atoms with Crippen molar-refractivity contribution in [3.8, 4) is 0 Å². The maximum absolute atomic E-state index is 13.3. The zero-order valence-electron chi connectivity index (χ0n) is 19.2. The van der Waals surface area contributed by atoms with Crippen LogP contribution in [0.2, 0.25) is 0 Å². The molecule has 184 valence electrons. The van der Waals surface area contributed by atoms with Gasteiger partial charge in [-0.1, -0.05) is 30.3 Å². The molecule has 0 radical (unpaired) electrons. The summed E-state index contributed by atoms with van der Waals surface area (Å²) in [5.41, 5.74) is 1.27. The van der Waals surface area contributed by atoms with E-state index in [0.717, 1.165) is 51.3 Å². The second-order valence-corrected chi connectivity index (χ2v) is 8.77. The molecule has 6 nitrogen and oxygen atoms in total. The summed E-state index contributed by atoms with van der Waals surface area (Å²) in [5, 5.41) is 2.76. The summed E-state index contributed by atoms with van der Waals surface area (Å²) in [5.74, 6) is -0.301. The summed E-state index contributed by atoms with van der Waals surface area (Å²) in [4.78, 5) is 19.3. The first-order valence-corrected chi connectivity index (χ1v) is 11.7. The second-order valence-electron chi connectivity index (χ2n) is 8.77. The number of rotatable bonds is 6. The van der Waals surface area contributed by atoms with Gasteiger partial charge in [0.05, 0.1) is 36.7 Å². The molecule has 0 aromatic heterocycles. The molecule has 4 rings (SSSR count). The number of nitrogens with zero attached hydrogens (tertiary/aromatic N) is 3. The lowest BCUT2D eigenvalue weighted by Crippen LogP contribution is -2.38. The fourth-order valence-electron chi connectivity index (χ4n) is 4.47. The van der Waals surface area contributed by atoms with Crippen LogP contribution in [-0.2, 0) is 22.3 Å². The van der Waals surface area contributed by atoms with Gasteiger partial charge in [0.1, 0.15) is 0 Å². The maximum Gasteiger partial charge on any atom is 0.416 e. The fourth-order valence-corrected chi connectivity index (χ4v) is 4.47. The van der Waals surface area contributed by atoms with Crippen molar-refractivity contribution in [2.75, 3.05) is 69.2 Å². The summed E-state index contributed by atoms with van der Waals surface area (Å²) < 4.78 is 45.4. The monoisotopic (exact) mass is 476 g/mol. The van der Waals surface area contributed by atoms with Crippen LogP contribution in [-0.4, -0.2) is 74.7 Å². The Morgan fingerprint density at radius 2 is 1.62 bits per heavy atom. The van der Waals surface area contributed by atoms with Crippen molar-refractivity contribution in [3.05, 3.63) is 59.7 Å². The molecule has 2 aliphatic rings. The number of hydrogen-bond acceptors (Lipinski definition) is 5. The highest BCUT2D eigenvalue weighted by molar-refractivity contribution is 5.95. The molecule has 2 heterocycles. The van der Waals surface area contributed by atoms with E-state index < -0.39 is 11.7 Å². The van der Waals surface area contributed by atoms with Crippen LogP contribution in [0.25, 0.3) is 0 Å². The van der Waals surface area contributed by atoms with Gasteiger partial charge in [-0.3, -0.25) is 14.6 Å². The van der Waals surface area contributed by atoms with E-state index in [1.54, 1.807) is 0 Å². The van der Waals surface area contributed by atoms with E-state index in [1.807, 2.05) is 23.1 Å². The highest BCUT2D eigenvalue weighted by Gasteiger charge is 2.32. The van der Waals surface area contributed by atoms with Crippen LogP contribution in [0.3, 0.4) is 0 Å². The van der Waals surface area contributed by atoms with Crippen LogP contribution < -0.4 is 10.2 Å². The molecule has 34 heavy (non-hydrogen) atoms. The summed E-state index contributed by atoms with van der Waals surface area (Å²) >= 11 is 0. The number of carbonyl (C=O) groups excluding carboxylic acids is 1. The third kappa shape index (κ3) is 6.71. The smallest absolute Gasteiger partial charge is 0.378 e. The molecule has 0 atom stereocenters. The molecular formula is C25H31F3N4O2. The standard InChI is InChI=1S/C25H31F3N4O2/c26-25(27,28)21-7-8-23(32-13-15-34-16-14-32)22(17-21)29-24(33)19-31-10-4-9-30(11-12-31)18-20-5-2-1-3-6-20/h1-3,5-8,17H,4,9-16,18-19H2,(H,29,33). The Hall–Kier alpha value is -2.62. The van der Waals surface area contributed by atoms with E-state index >= 15 is 0 Å². The van der Waals surface area contributed by atoms with Crippen molar-refractivity contribution < 1.29 is 22.7 Å². The maximum atomic E-state index is 13.3. The molecule has 0 spiro atoms. The normalized spacial score (nSPS) is 18.5. The van der Waals surface area contributed by atoms with Crippen LogP contribution in [0.4, 0.5) is 24.5 Å². The predicted molar refractivity (Wildman–Crippen MR) is 126 cm³/mol. The molecule has 2 aliphatic heterocycles. The molecular weight excluding hydrogens is 445 g/mol. The minimum absolute atomic E-state index is 0.151. The lowest BCUT2D eigenvalue weighted by Gasteiger charge is -2.31. The van der Waals surface area contributed by atoms with E-state index in [0.29, 0.717) is 32.0 Å². The number of amides is 1.